The fourth-order valence-electron chi connectivity index (χ4n) is 2.01. The van der Waals surface area contributed by atoms with Crippen molar-refractivity contribution < 1.29 is 23.8 Å². The summed E-state index contributed by atoms with van der Waals surface area (Å²) >= 11 is 6.07. The van der Waals surface area contributed by atoms with Crippen LogP contribution in [0.1, 0.15) is 32.3 Å². The molecule has 0 unspecified atom stereocenters. The van der Waals surface area contributed by atoms with Gasteiger partial charge in [-0.2, -0.15) is 0 Å². The summed E-state index contributed by atoms with van der Waals surface area (Å²) in [7, 11) is 0.507. The van der Waals surface area contributed by atoms with Gasteiger partial charge in [0.1, 0.15) is 5.75 Å². The molecule has 0 amide bonds. The molecule has 2 N–H and O–H groups in total. The van der Waals surface area contributed by atoms with Gasteiger partial charge in [0, 0.05) is 16.7 Å². The summed E-state index contributed by atoms with van der Waals surface area (Å²) in [6, 6.07) is 5.74. The third-order valence-electron chi connectivity index (χ3n) is 3.17. The predicted molar refractivity (Wildman–Crippen MR) is 79.3 cm³/mol. The van der Waals surface area contributed by atoms with Crippen molar-refractivity contribution in [2.45, 2.75) is 32.3 Å². The van der Waals surface area contributed by atoms with Crippen LogP contribution in [-0.4, -0.2) is 24.0 Å². The second kappa shape index (κ2) is 9.27. The minimum Gasteiger partial charge on any atom is -0.497 e. The van der Waals surface area contributed by atoms with E-state index in [1.165, 1.54) is 0 Å². The summed E-state index contributed by atoms with van der Waals surface area (Å²) in [5.74, 6) is 0.769. The topological polar surface area (TPSA) is 76.0 Å². The molecule has 0 aliphatic rings. The van der Waals surface area contributed by atoms with Gasteiger partial charge in [0.05, 0.1) is 12.7 Å². The van der Waals surface area contributed by atoms with E-state index >= 15 is 0 Å². The van der Waals surface area contributed by atoms with Crippen molar-refractivity contribution in [1.82, 2.24) is 0 Å². The number of ether oxygens (including phenoxy) is 2. The van der Waals surface area contributed by atoms with Crippen LogP contribution in [0.4, 0.5) is 0 Å². The Morgan fingerprint density at radius 1 is 1.20 bits per heavy atom. The van der Waals surface area contributed by atoms with Gasteiger partial charge in [0.25, 0.3) is 0 Å². The number of hydrogen-bond acceptors (Lipinski definition) is 3. The van der Waals surface area contributed by atoms with Gasteiger partial charge in [-0.1, -0.05) is 25.4 Å². The van der Waals surface area contributed by atoms with Gasteiger partial charge in [-0.3, -0.25) is 0 Å². The molecule has 0 aliphatic carbocycles. The zero-order valence-electron chi connectivity index (χ0n) is 12.1. The highest BCUT2D eigenvalue weighted by molar-refractivity contribution is 7.30. The van der Waals surface area contributed by atoms with Crippen LogP contribution < -0.4 is 4.74 Å². The Hall–Kier alpha value is -0.710. The molecule has 0 atom stereocenters. The average Bonchev–Trinajstić information content (AvgIpc) is 2.40. The van der Waals surface area contributed by atoms with Gasteiger partial charge in [-0.15, -0.1) is 9.79 Å². The monoisotopic (exact) mass is 323 g/mol. The van der Waals surface area contributed by atoms with Crippen molar-refractivity contribution in [3.63, 3.8) is 0 Å². The second-order valence-electron chi connectivity index (χ2n) is 4.04. The number of halogens is 1. The van der Waals surface area contributed by atoms with E-state index in [4.69, 9.17) is 35.4 Å². The Morgan fingerprint density at radius 3 is 2.05 bits per heavy atom. The van der Waals surface area contributed by atoms with Crippen LogP contribution in [-0.2, 0) is 14.9 Å². The van der Waals surface area contributed by atoms with Crippen LogP contribution >= 0.6 is 19.9 Å². The standard InChI is InChI=1S/C13H19ClO2.HO3P/c1-5-13(6-2,16-4)10-7-11(14)9-12(8-10)15-3;1-4(2)3/h7-9H,5-6H2,1-4H3;(H-,1,2,3)/p+1. The van der Waals surface area contributed by atoms with Crippen LogP contribution in [0, 0.1) is 0 Å². The Balaban J connectivity index is 0.000000796. The summed E-state index contributed by atoms with van der Waals surface area (Å²) in [4.78, 5) is 14.2. The molecule has 1 rings (SSSR count). The minimum atomic E-state index is -2.87. The largest absolute Gasteiger partial charge is 0.692 e. The average molecular weight is 324 g/mol. The van der Waals surface area contributed by atoms with Crippen molar-refractivity contribution in [2.24, 2.45) is 0 Å². The molecule has 1 aromatic rings. The molecular weight excluding hydrogens is 303 g/mol. The summed E-state index contributed by atoms with van der Waals surface area (Å²) in [5.41, 5.74) is 0.808. The zero-order valence-corrected chi connectivity index (χ0v) is 13.7. The van der Waals surface area contributed by atoms with Crippen molar-refractivity contribution >= 4 is 19.9 Å². The normalized spacial score (nSPS) is 10.6. The SMILES string of the molecule is CCC(CC)(OC)c1cc(Cl)cc(OC)c1.O=[P+](O)O. The number of methoxy groups -OCH3 is 2. The molecule has 0 fully saturated rings. The highest BCUT2D eigenvalue weighted by Gasteiger charge is 2.28. The first kappa shape index (κ1) is 19.3. The van der Waals surface area contributed by atoms with Gasteiger partial charge in [0.2, 0.25) is 0 Å². The van der Waals surface area contributed by atoms with E-state index in [0.717, 1.165) is 24.2 Å². The number of benzene rings is 1. The van der Waals surface area contributed by atoms with Crippen LogP contribution in [0.15, 0.2) is 18.2 Å². The van der Waals surface area contributed by atoms with Crippen molar-refractivity contribution in [3.8, 4) is 5.75 Å². The van der Waals surface area contributed by atoms with E-state index < -0.39 is 8.25 Å². The zero-order chi connectivity index (χ0) is 15.8. The first-order valence-corrected chi connectivity index (χ1v) is 7.64. The second-order valence-corrected chi connectivity index (χ2v) is 4.98. The summed E-state index contributed by atoms with van der Waals surface area (Å²) in [6.45, 7) is 4.22. The van der Waals surface area contributed by atoms with Gasteiger partial charge >= 0.3 is 8.25 Å². The Bertz CT molecular complexity index is 423. The van der Waals surface area contributed by atoms with Crippen molar-refractivity contribution in [1.29, 1.82) is 0 Å². The molecule has 5 nitrogen and oxygen atoms in total. The molecule has 1 aromatic carbocycles. The molecule has 0 saturated heterocycles. The van der Waals surface area contributed by atoms with Crippen LogP contribution in [0.3, 0.4) is 0 Å². The van der Waals surface area contributed by atoms with E-state index in [1.54, 1.807) is 20.3 Å². The molecule has 0 radical (unpaired) electrons. The van der Waals surface area contributed by atoms with E-state index in [9.17, 15) is 0 Å². The summed E-state index contributed by atoms with van der Waals surface area (Å²) in [5, 5.41) is 0.678. The molecule has 114 valence electrons. The molecule has 7 heteroatoms. The lowest BCUT2D eigenvalue weighted by Crippen LogP contribution is -2.26. The fraction of sp³-hybridized carbons (Fsp3) is 0.538. The number of hydrogen-bond donors (Lipinski definition) is 2. The Kier molecular flexibility index (Phi) is 8.94. The van der Waals surface area contributed by atoms with Crippen LogP contribution in [0.25, 0.3) is 0 Å². The molecule has 20 heavy (non-hydrogen) atoms. The van der Waals surface area contributed by atoms with Gasteiger partial charge < -0.3 is 9.47 Å². The fourth-order valence-corrected chi connectivity index (χ4v) is 2.23. The van der Waals surface area contributed by atoms with E-state index in [0.29, 0.717) is 5.02 Å². The smallest absolute Gasteiger partial charge is 0.497 e. The molecule has 0 aliphatic heterocycles. The van der Waals surface area contributed by atoms with Crippen LogP contribution in [0.2, 0.25) is 5.02 Å². The quantitative estimate of drug-likeness (QED) is 0.809. The lowest BCUT2D eigenvalue weighted by Gasteiger charge is -2.31. The summed E-state index contributed by atoms with van der Waals surface area (Å²) in [6.07, 6.45) is 1.81. The Labute approximate surface area is 125 Å². The lowest BCUT2D eigenvalue weighted by molar-refractivity contribution is -0.0218. The van der Waals surface area contributed by atoms with Gasteiger partial charge in [-0.05, 0) is 36.6 Å². The third kappa shape index (κ3) is 5.73. The third-order valence-corrected chi connectivity index (χ3v) is 3.38. The first-order chi connectivity index (χ1) is 9.34. The molecule has 0 saturated carbocycles. The van der Waals surface area contributed by atoms with E-state index in [2.05, 4.69) is 13.8 Å². The maximum atomic E-state index is 8.70. The molecule has 0 heterocycles. The van der Waals surface area contributed by atoms with E-state index in [1.807, 2.05) is 12.1 Å². The highest BCUT2D eigenvalue weighted by Crippen LogP contribution is 2.36. The highest BCUT2D eigenvalue weighted by atomic mass is 35.5. The first-order valence-electron chi connectivity index (χ1n) is 6.10. The Morgan fingerprint density at radius 2 is 1.70 bits per heavy atom. The maximum absolute atomic E-state index is 8.70. The van der Waals surface area contributed by atoms with Gasteiger partial charge in [0.15, 0.2) is 0 Å². The lowest BCUT2D eigenvalue weighted by atomic mass is 9.88. The van der Waals surface area contributed by atoms with Gasteiger partial charge in [-0.25, -0.2) is 0 Å². The summed E-state index contributed by atoms with van der Waals surface area (Å²) < 4.78 is 19.6. The molecule has 0 bridgehead atoms. The maximum Gasteiger partial charge on any atom is 0.692 e. The van der Waals surface area contributed by atoms with Crippen molar-refractivity contribution in [3.05, 3.63) is 28.8 Å². The molecular formula is C13H21ClO5P+. The van der Waals surface area contributed by atoms with Crippen molar-refractivity contribution in [2.75, 3.05) is 14.2 Å². The number of rotatable bonds is 5. The minimum absolute atomic E-state index is 0.266. The molecule has 0 aromatic heterocycles. The van der Waals surface area contributed by atoms with E-state index in [-0.39, 0.29) is 5.60 Å². The van der Waals surface area contributed by atoms with Crippen LogP contribution in [0.5, 0.6) is 5.75 Å². The molecule has 0 spiro atoms. The predicted octanol–water partition coefficient (Wildman–Crippen LogP) is 3.64.